The first-order chi connectivity index (χ1) is 15.4. The second-order valence-electron chi connectivity index (χ2n) is 8.61. The minimum Gasteiger partial charge on any atom is -0.369 e. The maximum Gasteiger partial charge on any atom is 0.255 e. The molecule has 1 aliphatic heterocycles. The van der Waals surface area contributed by atoms with Gasteiger partial charge >= 0.3 is 0 Å². The number of carbonyl (C=O) groups excluding carboxylic acids is 2. The second kappa shape index (κ2) is 9.39. The Kier molecular flexibility index (Phi) is 6.40. The number of carbonyl (C=O) groups is 2. The Balaban J connectivity index is 1.36. The van der Waals surface area contributed by atoms with Crippen molar-refractivity contribution in [1.29, 1.82) is 0 Å². The summed E-state index contributed by atoms with van der Waals surface area (Å²) in [5, 5.41) is 5.92. The summed E-state index contributed by atoms with van der Waals surface area (Å²) in [6, 6.07) is 18.6. The normalized spacial score (nSPS) is 16.7. The average molecular weight is 431 g/mol. The molecule has 32 heavy (non-hydrogen) atoms. The molecule has 2 aromatic carbocycles. The number of pyridine rings is 1. The number of nitrogens with one attached hydrogen (secondary N) is 1. The van der Waals surface area contributed by atoms with Gasteiger partial charge in [0.05, 0.1) is 11.6 Å². The van der Waals surface area contributed by atoms with Gasteiger partial charge in [-0.1, -0.05) is 49.4 Å². The molecule has 0 spiro atoms. The molecule has 3 aromatic rings. The van der Waals surface area contributed by atoms with Gasteiger partial charge in [0, 0.05) is 39.8 Å². The van der Waals surface area contributed by atoms with Crippen LogP contribution in [0.2, 0.25) is 0 Å². The molecule has 0 saturated carbocycles. The Morgan fingerprint density at radius 1 is 1.16 bits per heavy atom. The molecule has 0 bridgehead atoms. The summed E-state index contributed by atoms with van der Waals surface area (Å²) in [5.41, 5.74) is 1.88. The Morgan fingerprint density at radius 2 is 1.94 bits per heavy atom. The Bertz CT molecular complexity index is 1110. The number of anilines is 1. The summed E-state index contributed by atoms with van der Waals surface area (Å²) in [6.07, 6.45) is 2.44. The highest BCUT2D eigenvalue weighted by Gasteiger charge is 2.30. The molecule has 0 aliphatic carbocycles. The van der Waals surface area contributed by atoms with Crippen LogP contribution in [0, 0.1) is 0 Å². The van der Waals surface area contributed by atoms with Crippen molar-refractivity contribution >= 4 is 28.4 Å². The van der Waals surface area contributed by atoms with Gasteiger partial charge in [0.1, 0.15) is 5.82 Å². The number of fused-ring (bicyclic) bond motifs is 1. The van der Waals surface area contributed by atoms with Crippen molar-refractivity contribution in [3.63, 3.8) is 0 Å². The second-order valence-corrected chi connectivity index (χ2v) is 8.61. The number of rotatable bonds is 6. The summed E-state index contributed by atoms with van der Waals surface area (Å²) in [4.78, 5) is 32.4. The van der Waals surface area contributed by atoms with Crippen molar-refractivity contribution in [2.45, 2.75) is 32.2 Å². The molecule has 6 heteroatoms. The molecular weight excluding hydrogens is 400 g/mol. The number of likely N-dealkylation sites (tertiary alicyclic amines) is 1. The summed E-state index contributed by atoms with van der Waals surface area (Å²) >= 11 is 0. The van der Waals surface area contributed by atoms with Gasteiger partial charge in [0.15, 0.2) is 0 Å². The van der Waals surface area contributed by atoms with E-state index < -0.39 is 0 Å². The van der Waals surface area contributed by atoms with Crippen LogP contribution in [0.25, 0.3) is 10.8 Å². The maximum atomic E-state index is 12.8. The van der Waals surface area contributed by atoms with Gasteiger partial charge in [-0.3, -0.25) is 9.59 Å². The fraction of sp³-hybridized carbons (Fsp3) is 0.346. The van der Waals surface area contributed by atoms with Gasteiger partial charge in [0.25, 0.3) is 5.91 Å². The summed E-state index contributed by atoms with van der Waals surface area (Å²) < 4.78 is 0. The van der Waals surface area contributed by atoms with E-state index in [9.17, 15) is 9.59 Å². The molecule has 0 radical (unpaired) electrons. The van der Waals surface area contributed by atoms with E-state index in [1.807, 2.05) is 12.1 Å². The molecule has 166 valence electrons. The van der Waals surface area contributed by atoms with Crippen molar-refractivity contribution in [3.8, 4) is 0 Å². The van der Waals surface area contributed by atoms with Gasteiger partial charge < -0.3 is 15.1 Å². The van der Waals surface area contributed by atoms with Crippen LogP contribution in [0.4, 0.5) is 5.82 Å². The standard InChI is InChI=1S/C26H30N4O2/c1-18(23-10-6-8-20-7-4-5-9-24(20)23)15-27-25-12-11-21(16-28-25)26(32)30-14-13-22(17-30)29(3)19(2)31/h4-12,16,18,22H,13-15,17H2,1-3H3,(H,27,28)/t18-,22+/m1/s1. The number of amides is 2. The van der Waals surface area contributed by atoms with Crippen molar-refractivity contribution in [2.24, 2.45) is 0 Å². The van der Waals surface area contributed by atoms with E-state index in [1.54, 1.807) is 30.0 Å². The molecule has 0 unspecified atom stereocenters. The highest BCUT2D eigenvalue weighted by Crippen LogP contribution is 2.26. The Hall–Kier alpha value is -3.41. The smallest absolute Gasteiger partial charge is 0.255 e. The van der Waals surface area contributed by atoms with E-state index in [1.165, 1.54) is 16.3 Å². The van der Waals surface area contributed by atoms with Crippen molar-refractivity contribution in [3.05, 3.63) is 71.9 Å². The number of hydrogen-bond donors (Lipinski definition) is 1. The minimum atomic E-state index is -0.0346. The molecule has 1 aliphatic rings. The molecule has 2 amide bonds. The van der Waals surface area contributed by atoms with Crippen LogP contribution >= 0.6 is 0 Å². The van der Waals surface area contributed by atoms with Crippen LogP contribution in [0.5, 0.6) is 0 Å². The molecule has 1 N–H and O–H groups in total. The lowest BCUT2D eigenvalue weighted by molar-refractivity contribution is -0.129. The number of likely N-dealkylation sites (N-methyl/N-ethyl adjacent to an activating group) is 1. The fourth-order valence-corrected chi connectivity index (χ4v) is 4.35. The van der Waals surface area contributed by atoms with E-state index in [4.69, 9.17) is 0 Å². The van der Waals surface area contributed by atoms with E-state index in [2.05, 4.69) is 59.7 Å². The lowest BCUT2D eigenvalue weighted by Gasteiger charge is -2.23. The first kappa shape index (κ1) is 21.8. The predicted octanol–water partition coefficient (Wildman–Crippen LogP) is 4.14. The van der Waals surface area contributed by atoms with Crippen LogP contribution in [-0.2, 0) is 4.79 Å². The van der Waals surface area contributed by atoms with Crippen LogP contribution in [0.3, 0.4) is 0 Å². The number of nitrogens with zero attached hydrogens (tertiary/aromatic N) is 3. The zero-order valence-electron chi connectivity index (χ0n) is 18.9. The number of hydrogen-bond acceptors (Lipinski definition) is 4. The van der Waals surface area contributed by atoms with Gasteiger partial charge in [-0.2, -0.15) is 0 Å². The third-order valence-corrected chi connectivity index (χ3v) is 6.45. The quantitative estimate of drug-likeness (QED) is 0.638. The zero-order chi connectivity index (χ0) is 22.7. The monoisotopic (exact) mass is 430 g/mol. The molecule has 6 nitrogen and oxygen atoms in total. The zero-order valence-corrected chi connectivity index (χ0v) is 18.9. The van der Waals surface area contributed by atoms with Crippen LogP contribution in [0.1, 0.15) is 42.1 Å². The third-order valence-electron chi connectivity index (χ3n) is 6.45. The summed E-state index contributed by atoms with van der Waals surface area (Å²) in [7, 11) is 1.79. The van der Waals surface area contributed by atoms with Crippen molar-refractivity contribution in [1.82, 2.24) is 14.8 Å². The van der Waals surface area contributed by atoms with Gasteiger partial charge in [-0.05, 0) is 40.8 Å². The number of aromatic nitrogens is 1. The third kappa shape index (κ3) is 4.59. The maximum absolute atomic E-state index is 12.8. The molecule has 2 atom stereocenters. The lowest BCUT2D eigenvalue weighted by Crippen LogP contribution is -2.38. The summed E-state index contributed by atoms with van der Waals surface area (Å²) in [5.74, 6) is 1.06. The van der Waals surface area contributed by atoms with E-state index in [-0.39, 0.29) is 17.9 Å². The molecule has 1 fully saturated rings. The molecule has 4 rings (SSSR count). The molecule has 1 aromatic heterocycles. The van der Waals surface area contributed by atoms with E-state index >= 15 is 0 Å². The highest BCUT2D eigenvalue weighted by atomic mass is 16.2. The largest absolute Gasteiger partial charge is 0.369 e. The van der Waals surface area contributed by atoms with Crippen LogP contribution in [0.15, 0.2) is 60.8 Å². The Labute approximate surface area is 189 Å². The molecule has 2 heterocycles. The van der Waals surface area contributed by atoms with Gasteiger partial charge in [-0.25, -0.2) is 4.98 Å². The predicted molar refractivity (Wildman–Crippen MR) is 128 cm³/mol. The van der Waals surface area contributed by atoms with Crippen LogP contribution in [-0.4, -0.2) is 59.3 Å². The fourth-order valence-electron chi connectivity index (χ4n) is 4.35. The first-order valence-corrected chi connectivity index (χ1v) is 11.1. The minimum absolute atomic E-state index is 0.0270. The van der Waals surface area contributed by atoms with Gasteiger partial charge in [0.2, 0.25) is 5.91 Å². The lowest BCUT2D eigenvalue weighted by atomic mass is 9.95. The van der Waals surface area contributed by atoms with Gasteiger partial charge in [-0.15, -0.1) is 0 Å². The van der Waals surface area contributed by atoms with Crippen molar-refractivity contribution < 1.29 is 9.59 Å². The van der Waals surface area contributed by atoms with Crippen molar-refractivity contribution in [2.75, 3.05) is 32.0 Å². The van der Waals surface area contributed by atoms with E-state index in [0.717, 1.165) is 18.8 Å². The number of benzene rings is 2. The Morgan fingerprint density at radius 3 is 2.69 bits per heavy atom. The van der Waals surface area contributed by atoms with E-state index in [0.29, 0.717) is 24.6 Å². The topological polar surface area (TPSA) is 65.5 Å². The first-order valence-electron chi connectivity index (χ1n) is 11.1. The summed E-state index contributed by atoms with van der Waals surface area (Å²) in [6.45, 7) is 5.73. The molecule has 1 saturated heterocycles. The molecular formula is C26H30N4O2. The van der Waals surface area contributed by atoms with Crippen LogP contribution < -0.4 is 5.32 Å². The SMILES string of the molecule is CC(=O)N(C)[C@H]1CCN(C(=O)c2ccc(NC[C@@H](C)c3cccc4ccccc34)nc2)C1. The highest BCUT2D eigenvalue weighted by molar-refractivity contribution is 5.94. The average Bonchev–Trinajstić information content (AvgIpc) is 3.31.